The molecule has 0 aromatic carbocycles. The Bertz CT molecular complexity index is 424. The van der Waals surface area contributed by atoms with E-state index >= 15 is 0 Å². The lowest BCUT2D eigenvalue weighted by molar-refractivity contribution is -0.154. The summed E-state index contributed by atoms with van der Waals surface area (Å²) in [5.74, 6) is -0.586. The van der Waals surface area contributed by atoms with Crippen molar-refractivity contribution in [1.29, 1.82) is 0 Å². The van der Waals surface area contributed by atoms with Gasteiger partial charge in [-0.2, -0.15) is 13.2 Å². The summed E-state index contributed by atoms with van der Waals surface area (Å²) in [6.07, 6.45) is -3.22. The molecule has 8 heteroatoms. The number of aromatic nitrogens is 1. The summed E-state index contributed by atoms with van der Waals surface area (Å²) in [6, 6.07) is 3.02. The van der Waals surface area contributed by atoms with Gasteiger partial charge in [-0.1, -0.05) is 6.07 Å². The van der Waals surface area contributed by atoms with Gasteiger partial charge in [-0.25, -0.2) is 4.98 Å². The zero-order chi connectivity index (χ0) is 14.3. The Kier molecular flexibility index (Phi) is 5.56. The monoisotopic (exact) mass is 278 g/mol. The van der Waals surface area contributed by atoms with Crippen LogP contribution in [0.1, 0.15) is 12.0 Å². The Morgan fingerprint density at radius 3 is 2.84 bits per heavy atom. The number of carbonyl (C=O) groups excluding carboxylic acids is 1. The molecule has 0 fully saturated rings. The Hall–Kier alpha value is -1.83. The Morgan fingerprint density at radius 1 is 1.47 bits per heavy atom. The highest BCUT2D eigenvalue weighted by molar-refractivity contribution is 5.75. The molecule has 0 saturated heterocycles. The quantitative estimate of drug-likeness (QED) is 0.815. The van der Waals surface area contributed by atoms with E-state index in [2.05, 4.69) is 15.0 Å². The number of pyridine rings is 1. The van der Waals surface area contributed by atoms with Crippen molar-refractivity contribution in [2.75, 3.05) is 13.2 Å². The molecule has 0 aliphatic carbocycles. The van der Waals surface area contributed by atoms with Gasteiger partial charge in [0.1, 0.15) is 0 Å². The molecule has 106 valence electrons. The number of ether oxygens (including phenoxy) is 1. The molecule has 0 atom stereocenters. The highest BCUT2D eigenvalue weighted by Crippen LogP contribution is 2.19. The average Bonchev–Trinajstić information content (AvgIpc) is 2.34. The number of aliphatic hydroxyl groups excluding tert-OH is 1. The van der Waals surface area contributed by atoms with Gasteiger partial charge in [0.2, 0.25) is 11.8 Å². The van der Waals surface area contributed by atoms with Gasteiger partial charge in [-0.3, -0.25) is 4.79 Å². The normalized spacial score (nSPS) is 11.2. The summed E-state index contributed by atoms with van der Waals surface area (Å²) in [5.41, 5.74) is 0.332. The zero-order valence-electron chi connectivity index (χ0n) is 9.91. The van der Waals surface area contributed by atoms with Gasteiger partial charge in [-0.15, -0.1) is 0 Å². The smallest absolute Gasteiger partial charge is 0.422 e. The largest absolute Gasteiger partial charge is 0.468 e. The van der Waals surface area contributed by atoms with Gasteiger partial charge < -0.3 is 15.2 Å². The minimum absolute atomic E-state index is 0.0140. The summed E-state index contributed by atoms with van der Waals surface area (Å²) in [4.78, 5) is 14.8. The highest BCUT2D eigenvalue weighted by atomic mass is 19.4. The van der Waals surface area contributed by atoms with Crippen LogP contribution >= 0.6 is 0 Å². The molecule has 2 N–H and O–H groups in total. The van der Waals surface area contributed by atoms with E-state index in [4.69, 9.17) is 5.11 Å². The number of halogens is 3. The first-order valence-corrected chi connectivity index (χ1v) is 5.43. The number of carbonyl (C=O) groups is 1. The van der Waals surface area contributed by atoms with Crippen molar-refractivity contribution < 1.29 is 27.8 Å². The third kappa shape index (κ3) is 6.05. The second-order valence-corrected chi connectivity index (χ2v) is 3.62. The number of alkyl halides is 3. The van der Waals surface area contributed by atoms with E-state index in [0.717, 1.165) is 0 Å². The standard InChI is InChI=1S/C11H13F3N2O3/c12-11(13,14)7-19-10-8(2-1-4-15-10)6-16-9(18)3-5-17/h1-2,4,17H,3,5-7H2,(H,16,18). The first-order valence-electron chi connectivity index (χ1n) is 5.43. The van der Waals surface area contributed by atoms with E-state index in [1.165, 1.54) is 18.3 Å². The number of nitrogens with one attached hydrogen (secondary N) is 1. The number of nitrogens with zero attached hydrogens (tertiary/aromatic N) is 1. The van der Waals surface area contributed by atoms with Gasteiger partial charge >= 0.3 is 6.18 Å². The maximum absolute atomic E-state index is 12.0. The van der Waals surface area contributed by atoms with Gasteiger partial charge in [0.15, 0.2) is 6.61 Å². The van der Waals surface area contributed by atoms with Crippen molar-refractivity contribution in [3.63, 3.8) is 0 Å². The van der Waals surface area contributed by atoms with Crippen molar-refractivity contribution >= 4 is 5.91 Å². The Balaban J connectivity index is 2.60. The second kappa shape index (κ2) is 6.93. The molecule has 0 aliphatic rings. The van der Waals surface area contributed by atoms with E-state index in [1.54, 1.807) is 0 Å². The van der Waals surface area contributed by atoms with Crippen LogP contribution in [-0.2, 0) is 11.3 Å². The van der Waals surface area contributed by atoms with Gasteiger partial charge in [0.25, 0.3) is 0 Å². The molecule has 5 nitrogen and oxygen atoms in total. The van der Waals surface area contributed by atoms with E-state index in [0.29, 0.717) is 5.56 Å². The maximum atomic E-state index is 12.0. The molecular weight excluding hydrogens is 265 g/mol. The third-order valence-corrected chi connectivity index (χ3v) is 2.04. The summed E-state index contributed by atoms with van der Waals surface area (Å²) in [6.45, 7) is -1.75. The molecule has 1 aromatic rings. The van der Waals surface area contributed by atoms with E-state index in [9.17, 15) is 18.0 Å². The zero-order valence-corrected chi connectivity index (χ0v) is 9.91. The van der Waals surface area contributed by atoms with Gasteiger partial charge in [0, 0.05) is 24.7 Å². The fourth-order valence-electron chi connectivity index (χ4n) is 1.22. The molecule has 0 aliphatic heterocycles. The lowest BCUT2D eigenvalue weighted by Crippen LogP contribution is -2.25. The molecule has 0 unspecified atom stereocenters. The van der Waals surface area contributed by atoms with Crippen molar-refractivity contribution in [3.8, 4) is 5.88 Å². The summed E-state index contributed by atoms with van der Waals surface area (Å²) < 4.78 is 40.7. The molecule has 1 rings (SSSR count). The van der Waals surface area contributed by atoms with E-state index in [-0.39, 0.29) is 25.5 Å². The van der Waals surface area contributed by atoms with Crippen molar-refractivity contribution in [1.82, 2.24) is 10.3 Å². The Labute approximate surface area is 107 Å². The molecule has 19 heavy (non-hydrogen) atoms. The molecular formula is C11H13F3N2O3. The molecule has 1 aromatic heterocycles. The average molecular weight is 278 g/mol. The fourth-order valence-corrected chi connectivity index (χ4v) is 1.22. The van der Waals surface area contributed by atoms with Crippen molar-refractivity contribution in [2.45, 2.75) is 19.1 Å². The van der Waals surface area contributed by atoms with Crippen molar-refractivity contribution in [3.05, 3.63) is 23.9 Å². The molecule has 1 heterocycles. The predicted molar refractivity (Wildman–Crippen MR) is 59.3 cm³/mol. The second-order valence-electron chi connectivity index (χ2n) is 3.62. The summed E-state index contributed by atoms with van der Waals surface area (Å²) in [5, 5.41) is 11.0. The lowest BCUT2D eigenvalue weighted by Gasteiger charge is -2.12. The number of amides is 1. The number of aliphatic hydroxyl groups is 1. The van der Waals surface area contributed by atoms with Crippen LogP contribution in [0.3, 0.4) is 0 Å². The lowest BCUT2D eigenvalue weighted by atomic mass is 10.2. The first-order chi connectivity index (χ1) is 8.92. The van der Waals surface area contributed by atoms with Crippen LogP contribution in [0.15, 0.2) is 18.3 Å². The van der Waals surface area contributed by atoms with Crippen LogP contribution in [0.25, 0.3) is 0 Å². The highest BCUT2D eigenvalue weighted by Gasteiger charge is 2.29. The molecule has 0 radical (unpaired) electrons. The Morgan fingerprint density at radius 2 is 2.21 bits per heavy atom. The molecule has 0 spiro atoms. The van der Waals surface area contributed by atoms with Crippen LogP contribution in [-0.4, -0.2) is 35.4 Å². The van der Waals surface area contributed by atoms with Crippen LogP contribution in [0.5, 0.6) is 5.88 Å². The third-order valence-electron chi connectivity index (χ3n) is 2.04. The van der Waals surface area contributed by atoms with Gasteiger partial charge in [0.05, 0.1) is 6.61 Å². The van der Waals surface area contributed by atoms with Crippen LogP contribution in [0, 0.1) is 0 Å². The van der Waals surface area contributed by atoms with Crippen molar-refractivity contribution in [2.24, 2.45) is 0 Å². The van der Waals surface area contributed by atoms with Crippen LogP contribution in [0.4, 0.5) is 13.2 Å². The number of hydrogen-bond acceptors (Lipinski definition) is 4. The van der Waals surface area contributed by atoms with Crippen LogP contribution in [0.2, 0.25) is 0 Å². The first kappa shape index (κ1) is 15.2. The van der Waals surface area contributed by atoms with E-state index in [1.807, 2.05) is 0 Å². The summed E-state index contributed by atoms with van der Waals surface area (Å²) in [7, 11) is 0. The van der Waals surface area contributed by atoms with Gasteiger partial charge in [-0.05, 0) is 6.07 Å². The minimum Gasteiger partial charge on any atom is -0.468 e. The predicted octanol–water partition coefficient (Wildman–Crippen LogP) is 1.02. The molecule has 1 amide bonds. The number of rotatable bonds is 6. The van der Waals surface area contributed by atoms with Crippen LogP contribution < -0.4 is 10.1 Å². The fraction of sp³-hybridized carbons (Fsp3) is 0.455. The molecule has 0 bridgehead atoms. The molecule has 0 saturated carbocycles. The number of hydrogen-bond donors (Lipinski definition) is 2. The maximum Gasteiger partial charge on any atom is 0.422 e. The minimum atomic E-state index is -4.45. The summed E-state index contributed by atoms with van der Waals surface area (Å²) >= 11 is 0. The topological polar surface area (TPSA) is 71.5 Å². The van der Waals surface area contributed by atoms with E-state index < -0.39 is 18.7 Å². The SMILES string of the molecule is O=C(CCO)NCc1cccnc1OCC(F)(F)F.